The molecular formula is C15H18O2. The summed E-state index contributed by atoms with van der Waals surface area (Å²) in [5, 5.41) is 9.27. The van der Waals surface area contributed by atoms with Gasteiger partial charge in [-0.25, -0.2) is 0 Å². The fourth-order valence-corrected chi connectivity index (χ4v) is 2.68. The van der Waals surface area contributed by atoms with Gasteiger partial charge in [-0.1, -0.05) is 45.0 Å². The van der Waals surface area contributed by atoms with Crippen molar-refractivity contribution in [3.05, 3.63) is 47.2 Å². The Morgan fingerprint density at radius 3 is 2.65 bits per heavy atom. The van der Waals surface area contributed by atoms with Crippen LogP contribution in [0.1, 0.15) is 44.2 Å². The van der Waals surface area contributed by atoms with Gasteiger partial charge < -0.3 is 5.11 Å². The highest BCUT2D eigenvalue weighted by molar-refractivity contribution is 5.98. The van der Waals surface area contributed by atoms with Crippen LogP contribution >= 0.6 is 0 Å². The Bertz CT molecular complexity index is 483. The quantitative estimate of drug-likeness (QED) is 0.421. The number of fused-ring (bicyclic) bond motifs is 1. The summed E-state index contributed by atoms with van der Waals surface area (Å²) in [5.74, 6) is 0.00618. The predicted molar refractivity (Wildman–Crippen MR) is 68.2 cm³/mol. The summed E-state index contributed by atoms with van der Waals surface area (Å²) in [6.45, 7) is 6.13. The minimum Gasteiger partial charge on any atom is -0.515 e. The molecule has 1 aromatic carbocycles. The molecule has 0 aliphatic heterocycles. The van der Waals surface area contributed by atoms with Crippen molar-refractivity contribution in [2.24, 2.45) is 0 Å². The van der Waals surface area contributed by atoms with Gasteiger partial charge in [0.05, 0.1) is 6.26 Å². The maximum atomic E-state index is 12.1. The second-order valence-electron chi connectivity index (χ2n) is 5.38. The Labute approximate surface area is 102 Å². The number of benzene rings is 1. The zero-order valence-electron chi connectivity index (χ0n) is 10.5. The zero-order valence-corrected chi connectivity index (χ0v) is 10.5. The molecule has 1 atom stereocenters. The van der Waals surface area contributed by atoms with Gasteiger partial charge in [0.15, 0.2) is 5.78 Å². The van der Waals surface area contributed by atoms with Gasteiger partial charge in [-0.05, 0) is 16.5 Å². The molecule has 1 unspecified atom stereocenters. The van der Waals surface area contributed by atoms with Crippen molar-refractivity contribution in [1.82, 2.24) is 0 Å². The first kappa shape index (κ1) is 11.9. The van der Waals surface area contributed by atoms with Crippen LogP contribution < -0.4 is 0 Å². The molecule has 90 valence electrons. The van der Waals surface area contributed by atoms with E-state index in [4.69, 9.17) is 0 Å². The maximum Gasteiger partial charge on any atom is 0.163 e. The normalized spacial score (nSPS) is 25.5. The molecule has 0 amide bonds. The number of aliphatic hydroxyl groups excluding tert-OH is 1. The lowest BCUT2D eigenvalue weighted by molar-refractivity contribution is -0.116. The van der Waals surface area contributed by atoms with Crippen molar-refractivity contribution in [3.63, 3.8) is 0 Å². The number of hydrogen-bond acceptors (Lipinski definition) is 2. The van der Waals surface area contributed by atoms with Crippen molar-refractivity contribution < 1.29 is 9.90 Å². The molecule has 1 N–H and O–H groups in total. The Morgan fingerprint density at radius 1 is 1.35 bits per heavy atom. The lowest BCUT2D eigenvalue weighted by Gasteiger charge is -2.24. The van der Waals surface area contributed by atoms with Gasteiger partial charge in [0, 0.05) is 17.9 Å². The zero-order chi connectivity index (χ0) is 12.6. The number of aliphatic hydroxyl groups is 1. The third-order valence-corrected chi connectivity index (χ3v) is 3.69. The number of carbonyl (C=O) groups excluding carboxylic acids is 1. The van der Waals surface area contributed by atoms with Crippen LogP contribution in [0.2, 0.25) is 0 Å². The molecular weight excluding hydrogens is 212 g/mol. The monoisotopic (exact) mass is 230 g/mol. The first-order valence-corrected chi connectivity index (χ1v) is 5.94. The van der Waals surface area contributed by atoms with E-state index in [0.29, 0.717) is 12.0 Å². The molecule has 1 aliphatic rings. The first-order chi connectivity index (χ1) is 7.97. The molecule has 1 aromatic rings. The van der Waals surface area contributed by atoms with E-state index >= 15 is 0 Å². The maximum absolute atomic E-state index is 12.1. The molecule has 0 heterocycles. The molecule has 0 bridgehead atoms. The van der Waals surface area contributed by atoms with Crippen LogP contribution in [0.15, 0.2) is 36.1 Å². The SMILES string of the molecule is CC1/C(=C\O)C(=O)CC(C)(C)c2ccccc21. The van der Waals surface area contributed by atoms with E-state index in [0.717, 1.165) is 11.8 Å². The van der Waals surface area contributed by atoms with Crippen LogP contribution in [0.25, 0.3) is 0 Å². The molecule has 2 nitrogen and oxygen atoms in total. The van der Waals surface area contributed by atoms with E-state index in [1.807, 2.05) is 25.1 Å². The van der Waals surface area contributed by atoms with Gasteiger partial charge in [0.1, 0.15) is 0 Å². The van der Waals surface area contributed by atoms with E-state index in [-0.39, 0.29) is 17.1 Å². The van der Waals surface area contributed by atoms with Gasteiger partial charge in [-0.15, -0.1) is 0 Å². The van der Waals surface area contributed by atoms with Crippen LogP contribution in [0.4, 0.5) is 0 Å². The van der Waals surface area contributed by atoms with Crippen LogP contribution in [-0.2, 0) is 10.2 Å². The molecule has 1 aliphatic carbocycles. The molecule has 0 saturated carbocycles. The van der Waals surface area contributed by atoms with Crippen molar-refractivity contribution >= 4 is 5.78 Å². The van der Waals surface area contributed by atoms with Gasteiger partial charge in [0.25, 0.3) is 0 Å². The lowest BCUT2D eigenvalue weighted by atomic mass is 9.79. The minimum absolute atomic E-state index is 0.0366. The molecule has 0 saturated heterocycles. The molecule has 2 rings (SSSR count). The molecule has 2 heteroatoms. The van der Waals surface area contributed by atoms with E-state index in [2.05, 4.69) is 19.9 Å². The van der Waals surface area contributed by atoms with Crippen LogP contribution in [0.5, 0.6) is 0 Å². The molecule has 0 aromatic heterocycles. The number of ketones is 1. The first-order valence-electron chi connectivity index (χ1n) is 5.94. The summed E-state index contributed by atoms with van der Waals surface area (Å²) in [6.07, 6.45) is 1.42. The van der Waals surface area contributed by atoms with Crippen molar-refractivity contribution in [1.29, 1.82) is 0 Å². The van der Waals surface area contributed by atoms with E-state index in [9.17, 15) is 9.90 Å². The summed E-state index contributed by atoms with van der Waals surface area (Å²) in [7, 11) is 0. The number of carbonyl (C=O) groups is 1. The summed E-state index contributed by atoms with van der Waals surface area (Å²) in [5.41, 5.74) is 2.69. The fraction of sp³-hybridized carbons (Fsp3) is 0.400. The summed E-state index contributed by atoms with van der Waals surface area (Å²) < 4.78 is 0. The number of hydrogen-bond donors (Lipinski definition) is 1. The summed E-state index contributed by atoms with van der Waals surface area (Å²) >= 11 is 0. The Hall–Kier alpha value is -1.57. The largest absolute Gasteiger partial charge is 0.515 e. The number of Topliss-reactive ketones (excluding diaryl/α,β-unsaturated/α-hetero) is 1. The van der Waals surface area contributed by atoms with E-state index < -0.39 is 0 Å². The predicted octanol–water partition coefficient (Wildman–Crippen LogP) is 3.48. The smallest absolute Gasteiger partial charge is 0.163 e. The Balaban J connectivity index is 2.67. The fourth-order valence-electron chi connectivity index (χ4n) is 2.68. The average molecular weight is 230 g/mol. The van der Waals surface area contributed by atoms with Crippen molar-refractivity contribution in [2.45, 2.75) is 38.5 Å². The van der Waals surface area contributed by atoms with Gasteiger partial charge in [-0.2, -0.15) is 0 Å². The van der Waals surface area contributed by atoms with Crippen LogP contribution in [0.3, 0.4) is 0 Å². The van der Waals surface area contributed by atoms with Gasteiger partial charge in [0.2, 0.25) is 0 Å². The highest BCUT2D eigenvalue weighted by Gasteiger charge is 2.35. The molecule has 0 fully saturated rings. The van der Waals surface area contributed by atoms with Crippen molar-refractivity contribution in [3.8, 4) is 0 Å². The third kappa shape index (κ3) is 1.88. The Kier molecular flexibility index (Phi) is 2.82. The average Bonchev–Trinajstić information content (AvgIpc) is 2.35. The standard InChI is InChI=1S/C15H18O2/c1-10-11-6-4-5-7-13(11)15(2,3)8-14(17)12(10)9-16/h4-7,9-10,16H,8H2,1-3H3/b12-9+. The van der Waals surface area contributed by atoms with Gasteiger partial charge >= 0.3 is 0 Å². The highest BCUT2D eigenvalue weighted by atomic mass is 16.2. The van der Waals surface area contributed by atoms with E-state index in [1.54, 1.807) is 0 Å². The lowest BCUT2D eigenvalue weighted by Crippen LogP contribution is -2.20. The Morgan fingerprint density at radius 2 is 2.00 bits per heavy atom. The number of rotatable bonds is 0. The van der Waals surface area contributed by atoms with E-state index in [1.165, 1.54) is 5.56 Å². The van der Waals surface area contributed by atoms with Gasteiger partial charge in [-0.3, -0.25) is 4.79 Å². The summed E-state index contributed by atoms with van der Waals surface area (Å²) in [4.78, 5) is 12.1. The highest BCUT2D eigenvalue weighted by Crippen LogP contribution is 2.40. The van der Waals surface area contributed by atoms with Crippen molar-refractivity contribution in [2.75, 3.05) is 0 Å². The molecule has 0 spiro atoms. The van der Waals surface area contributed by atoms with Crippen LogP contribution in [0, 0.1) is 0 Å². The number of allylic oxidation sites excluding steroid dienone is 1. The molecule has 0 radical (unpaired) electrons. The third-order valence-electron chi connectivity index (χ3n) is 3.69. The minimum atomic E-state index is -0.174. The molecule has 17 heavy (non-hydrogen) atoms. The second-order valence-corrected chi connectivity index (χ2v) is 5.38. The summed E-state index contributed by atoms with van der Waals surface area (Å²) in [6, 6.07) is 8.12. The second kappa shape index (κ2) is 4.02. The topological polar surface area (TPSA) is 37.3 Å². The van der Waals surface area contributed by atoms with Crippen LogP contribution in [-0.4, -0.2) is 10.9 Å².